The molecule has 280 valence electrons. The minimum absolute atomic E-state index is 1.07. The number of rotatable bonds is 9. The lowest BCUT2D eigenvalue weighted by atomic mass is 9.98. The van der Waals surface area contributed by atoms with Crippen LogP contribution < -0.4 is 4.90 Å². The molecule has 57 heavy (non-hydrogen) atoms. The Hall–Kier alpha value is -6.35. The average molecular weight is 756 g/mol. The van der Waals surface area contributed by atoms with E-state index in [0.717, 1.165) is 35.4 Å². The van der Waals surface area contributed by atoms with Crippen molar-refractivity contribution in [1.82, 2.24) is 0 Å². The van der Waals surface area contributed by atoms with Gasteiger partial charge >= 0.3 is 0 Å². The first-order chi connectivity index (χ1) is 28.2. The predicted octanol–water partition coefficient (Wildman–Crippen LogP) is 16.3. The lowest BCUT2D eigenvalue weighted by molar-refractivity contribution is 0.973. The number of para-hydroxylation sites is 1. The van der Waals surface area contributed by atoms with E-state index >= 15 is 0 Å². The van der Waals surface area contributed by atoms with Gasteiger partial charge in [0.05, 0.1) is 5.69 Å². The SMILES string of the molecule is C=C/C(=C\C=C/C)c1ccc(-c2ccc(N(c3ccccc3)c3cccc4c3-c3ccccc3S4(c3ccccc3)c3cccc4c3C=CCC4)cc2)cc1.CC. The van der Waals surface area contributed by atoms with Gasteiger partial charge in [-0.25, -0.2) is 0 Å². The summed E-state index contributed by atoms with van der Waals surface area (Å²) in [5.41, 5.74) is 13.5. The van der Waals surface area contributed by atoms with Crippen LogP contribution in [0.3, 0.4) is 0 Å². The number of anilines is 3. The van der Waals surface area contributed by atoms with Gasteiger partial charge in [-0.15, -0.1) is 10.0 Å². The molecule has 0 saturated heterocycles. The first kappa shape index (κ1) is 37.6. The van der Waals surface area contributed by atoms with E-state index in [1.54, 1.807) is 0 Å². The van der Waals surface area contributed by atoms with Crippen LogP contribution in [-0.2, 0) is 6.42 Å². The van der Waals surface area contributed by atoms with Crippen molar-refractivity contribution in [3.63, 3.8) is 0 Å². The molecule has 0 N–H and O–H groups in total. The smallest absolute Gasteiger partial charge is 0.0551 e. The number of aryl methyl sites for hydroxylation is 1. The Bertz CT molecular complexity index is 2600. The third kappa shape index (κ3) is 6.71. The minimum atomic E-state index is -1.85. The second-order valence-corrected chi connectivity index (χ2v) is 17.0. The van der Waals surface area contributed by atoms with Gasteiger partial charge in [0.1, 0.15) is 0 Å². The average Bonchev–Trinajstić information content (AvgIpc) is 3.60. The van der Waals surface area contributed by atoms with Crippen LogP contribution in [0, 0.1) is 0 Å². The van der Waals surface area contributed by atoms with Crippen molar-refractivity contribution in [2.45, 2.75) is 53.2 Å². The van der Waals surface area contributed by atoms with E-state index in [-0.39, 0.29) is 0 Å². The standard InChI is InChI=1S/C53H43NS.C2H6/c1-3-5-18-39(4-2)40-31-33-41(34-32-40)42-35-37-45(38-36-42)54(44-21-8-6-9-22-44)49-27-17-30-52-53(49)48-26-14-15-28-51(48)55(52,46-23-10-7-11-24-46)50-29-16-20-43-19-12-13-25-47(43)50;1-2/h3-11,13-18,20-38H,2,12,19H2,1H3;1-2H3/b5-3-,39-18+;. The van der Waals surface area contributed by atoms with Gasteiger partial charge in [0.2, 0.25) is 0 Å². The summed E-state index contributed by atoms with van der Waals surface area (Å²) >= 11 is 0. The fourth-order valence-electron chi connectivity index (χ4n) is 8.38. The molecule has 1 aliphatic carbocycles. The first-order valence-electron chi connectivity index (χ1n) is 20.1. The third-order valence-corrected chi connectivity index (χ3v) is 14.9. The van der Waals surface area contributed by atoms with Crippen molar-refractivity contribution in [3.8, 4) is 22.3 Å². The van der Waals surface area contributed by atoms with Gasteiger partial charge in [-0.05, 0) is 119 Å². The van der Waals surface area contributed by atoms with E-state index in [1.165, 1.54) is 58.7 Å². The lowest BCUT2D eigenvalue weighted by Crippen LogP contribution is -2.11. The molecular formula is C55H49NS. The molecule has 1 aliphatic heterocycles. The van der Waals surface area contributed by atoms with Crippen molar-refractivity contribution in [2.24, 2.45) is 0 Å². The Labute approximate surface area is 341 Å². The highest BCUT2D eigenvalue weighted by atomic mass is 32.3. The van der Waals surface area contributed by atoms with E-state index in [2.05, 4.69) is 206 Å². The maximum absolute atomic E-state index is 4.03. The molecule has 2 heteroatoms. The molecule has 7 aromatic rings. The molecule has 0 saturated carbocycles. The van der Waals surface area contributed by atoms with Crippen molar-refractivity contribution in [1.29, 1.82) is 0 Å². The van der Waals surface area contributed by atoms with Crippen LogP contribution in [0.1, 0.15) is 43.9 Å². The number of allylic oxidation sites excluding steroid dienone is 6. The van der Waals surface area contributed by atoms with Crippen LogP contribution in [0.5, 0.6) is 0 Å². The van der Waals surface area contributed by atoms with Gasteiger partial charge < -0.3 is 4.90 Å². The Balaban J connectivity index is 0.00000224. The van der Waals surface area contributed by atoms with E-state index in [0.29, 0.717) is 0 Å². The second kappa shape index (κ2) is 16.8. The van der Waals surface area contributed by atoms with E-state index < -0.39 is 10.0 Å². The van der Waals surface area contributed by atoms with Gasteiger partial charge in [0, 0.05) is 36.5 Å². The zero-order valence-corrected chi connectivity index (χ0v) is 33.9. The number of hydrogen-bond donors (Lipinski definition) is 0. The summed E-state index contributed by atoms with van der Waals surface area (Å²) in [7, 11) is -1.85. The topological polar surface area (TPSA) is 3.24 Å². The van der Waals surface area contributed by atoms with Crippen LogP contribution in [-0.4, -0.2) is 0 Å². The summed E-state index contributed by atoms with van der Waals surface area (Å²) in [4.78, 5) is 8.04. The summed E-state index contributed by atoms with van der Waals surface area (Å²) in [6, 6.07) is 63.2. The molecule has 0 aromatic heterocycles. The molecule has 7 aromatic carbocycles. The van der Waals surface area contributed by atoms with Crippen molar-refractivity contribution in [3.05, 3.63) is 224 Å². The quantitative estimate of drug-likeness (QED) is 0.133. The van der Waals surface area contributed by atoms with Crippen molar-refractivity contribution >= 4 is 38.7 Å². The Morgan fingerprint density at radius 2 is 1.23 bits per heavy atom. The third-order valence-electron chi connectivity index (χ3n) is 10.9. The highest BCUT2D eigenvalue weighted by Crippen LogP contribution is 2.81. The molecule has 0 bridgehead atoms. The van der Waals surface area contributed by atoms with E-state index in [1.807, 2.05) is 32.9 Å². The van der Waals surface area contributed by atoms with Crippen molar-refractivity contribution < 1.29 is 0 Å². The van der Waals surface area contributed by atoms with Crippen LogP contribution in [0.2, 0.25) is 0 Å². The molecule has 1 atom stereocenters. The summed E-state index contributed by atoms with van der Waals surface area (Å²) < 4.78 is 0. The molecule has 2 aliphatic rings. The zero-order chi connectivity index (χ0) is 39.2. The summed E-state index contributed by atoms with van der Waals surface area (Å²) in [5, 5.41) is 0. The normalized spacial score (nSPS) is 16.4. The fraction of sp³-hybridized carbons (Fsp3) is 0.0909. The molecule has 1 unspecified atom stereocenters. The molecule has 0 radical (unpaired) electrons. The van der Waals surface area contributed by atoms with Crippen LogP contribution >= 0.6 is 10.0 Å². The Morgan fingerprint density at radius 1 is 0.614 bits per heavy atom. The van der Waals surface area contributed by atoms with E-state index in [4.69, 9.17) is 0 Å². The monoisotopic (exact) mass is 755 g/mol. The van der Waals surface area contributed by atoms with Crippen LogP contribution in [0.25, 0.3) is 33.9 Å². The highest BCUT2D eigenvalue weighted by molar-refractivity contribution is 8.34. The highest BCUT2D eigenvalue weighted by Gasteiger charge is 2.44. The summed E-state index contributed by atoms with van der Waals surface area (Å²) in [5.74, 6) is 0. The summed E-state index contributed by atoms with van der Waals surface area (Å²) in [6.45, 7) is 10.1. The predicted molar refractivity (Wildman–Crippen MR) is 247 cm³/mol. The van der Waals surface area contributed by atoms with Gasteiger partial charge in [0.25, 0.3) is 0 Å². The van der Waals surface area contributed by atoms with Crippen LogP contribution in [0.15, 0.2) is 226 Å². The van der Waals surface area contributed by atoms with Gasteiger partial charge in [-0.2, -0.15) is 0 Å². The van der Waals surface area contributed by atoms with Crippen molar-refractivity contribution in [2.75, 3.05) is 4.90 Å². The lowest BCUT2D eigenvalue weighted by Gasteiger charge is -2.41. The molecule has 9 rings (SSSR count). The molecule has 0 fully saturated rings. The van der Waals surface area contributed by atoms with Gasteiger partial charge in [-0.1, -0.05) is 166 Å². The second-order valence-electron chi connectivity index (χ2n) is 14.0. The maximum atomic E-state index is 4.03. The first-order valence-corrected chi connectivity index (χ1v) is 21.8. The number of benzene rings is 7. The molecule has 1 nitrogen and oxygen atoms in total. The number of fused-ring (bicyclic) bond motifs is 4. The zero-order valence-electron chi connectivity index (χ0n) is 33.1. The number of nitrogens with zero attached hydrogens (tertiary/aromatic N) is 1. The Kier molecular flexibility index (Phi) is 11.1. The Morgan fingerprint density at radius 3 is 1.95 bits per heavy atom. The fourth-order valence-corrected chi connectivity index (χ4v) is 12.8. The largest absolute Gasteiger partial charge is 0.310 e. The molecular weight excluding hydrogens is 707 g/mol. The maximum Gasteiger partial charge on any atom is 0.0551 e. The van der Waals surface area contributed by atoms with E-state index in [9.17, 15) is 0 Å². The summed E-state index contributed by atoms with van der Waals surface area (Å²) in [6.07, 6.45) is 15.0. The van der Waals surface area contributed by atoms with Gasteiger partial charge in [-0.3, -0.25) is 0 Å². The van der Waals surface area contributed by atoms with Crippen LogP contribution in [0.4, 0.5) is 17.1 Å². The molecule has 0 spiro atoms. The molecule has 0 amide bonds. The number of hydrogen-bond acceptors (Lipinski definition) is 1. The van der Waals surface area contributed by atoms with Gasteiger partial charge in [0.15, 0.2) is 0 Å². The molecule has 1 heterocycles. The minimum Gasteiger partial charge on any atom is -0.310 e.